The van der Waals surface area contributed by atoms with Crippen molar-refractivity contribution >= 4 is 13.6 Å². The van der Waals surface area contributed by atoms with Gasteiger partial charge in [-0.2, -0.15) is 0 Å². The summed E-state index contributed by atoms with van der Waals surface area (Å²) in [5.41, 5.74) is 0.640. The largest absolute Gasteiger partial charge is 0.496 e. The summed E-state index contributed by atoms with van der Waals surface area (Å²) in [5.74, 6) is 0.0300. The Balaban J connectivity index is 2.27. The Bertz CT molecular complexity index is 782. The Morgan fingerprint density at radius 2 is 1.57 bits per heavy atom. The van der Waals surface area contributed by atoms with Crippen LogP contribution < -0.4 is 4.74 Å². The average Bonchev–Trinajstić information content (AvgIpc) is 2.71. The first-order valence-corrected chi connectivity index (χ1v) is 10.9. The molecule has 0 unspecified atom stereocenters. The lowest BCUT2D eigenvalue weighted by molar-refractivity contribution is -0.145. The molecule has 0 N–H and O–H groups in total. The number of hydrogen-bond donors (Lipinski definition) is 0. The maximum absolute atomic E-state index is 13.5. The first kappa shape index (κ1) is 22.2. The lowest BCUT2D eigenvalue weighted by Crippen LogP contribution is -2.14. The topological polar surface area (TPSA) is 71.1 Å². The zero-order valence-electron chi connectivity index (χ0n) is 16.5. The van der Waals surface area contributed by atoms with Crippen molar-refractivity contribution in [2.75, 3.05) is 20.3 Å². The predicted octanol–water partition coefficient (Wildman–Crippen LogP) is 5.14. The van der Waals surface area contributed by atoms with E-state index in [0.29, 0.717) is 11.3 Å². The van der Waals surface area contributed by atoms with Crippen LogP contribution in [0, 0.1) is 0 Å². The van der Waals surface area contributed by atoms with Crippen molar-refractivity contribution in [3.63, 3.8) is 0 Å². The highest BCUT2D eigenvalue weighted by Gasteiger charge is 2.40. The lowest BCUT2D eigenvalue weighted by atomic mass is 10.1. The van der Waals surface area contributed by atoms with E-state index in [-0.39, 0.29) is 26.2 Å². The van der Waals surface area contributed by atoms with Gasteiger partial charge in [-0.15, -0.1) is 0 Å². The second-order valence-corrected chi connectivity index (χ2v) is 8.20. The van der Waals surface area contributed by atoms with Crippen LogP contribution in [-0.4, -0.2) is 26.3 Å². The van der Waals surface area contributed by atoms with Gasteiger partial charge in [0.25, 0.3) is 0 Å². The third-order valence-electron chi connectivity index (χ3n) is 4.10. The number of hydrogen-bond acceptors (Lipinski definition) is 6. The molecule has 6 nitrogen and oxygen atoms in total. The van der Waals surface area contributed by atoms with Crippen molar-refractivity contribution in [3.8, 4) is 5.75 Å². The van der Waals surface area contributed by atoms with Crippen LogP contribution in [0.25, 0.3) is 0 Å². The van der Waals surface area contributed by atoms with Crippen LogP contribution in [0.5, 0.6) is 5.75 Å². The summed E-state index contributed by atoms with van der Waals surface area (Å²) in [5, 5.41) is 0. The number of benzene rings is 2. The molecular weight excluding hydrogens is 379 g/mol. The molecule has 0 saturated carbocycles. The number of carbonyl (C=O) groups excluding carboxylic acids is 1. The molecule has 0 saturated heterocycles. The van der Waals surface area contributed by atoms with Gasteiger partial charge < -0.3 is 18.5 Å². The molecule has 2 rings (SSSR count). The molecule has 2 aromatic rings. The SMILES string of the molecule is CCOP(=O)(OCC)[C@H](CC(=O)OCc1ccccc1)c1ccccc1OC. The van der Waals surface area contributed by atoms with E-state index in [1.165, 1.54) is 7.11 Å². The number of rotatable bonds is 11. The summed E-state index contributed by atoms with van der Waals surface area (Å²) in [6.45, 7) is 4.01. The Kier molecular flexibility index (Phi) is 8.71. The minimum atomic E-state index is -3.62. The Hall–Kier alpha value is -2.14. The van der Waals surface area contributed by atoms with Crippen molar-refractivity contribution in [1.29, 1.82) is 0 Å². The van der Waals surface area contributed by atoms with Crippen LogP contribution >= 0.6 is 7.60 Å². The molecule has 0 spiro atoms. The minimum absolute atomic E-state index is 0.145. The van der Waals surface area contributed by atoms with E-state index < -0.39 is 19.2 Å². The molecule has 0 aliphatic carbocycles. The van der Waals surface area contributed by atoms with E-state index in [1.807, 2.05) is 30.3 Å². The minimum Gasteiger partial charge on any atom is -0.496 e. The highest BCUT2D eigenvalue weighted by Crippen LogP contribution is 2.63. The number of methoxy groups -OCH3 is 1. The Labute approximate surface area is 166 Å². The van der Waals surface area contributed by atoms with Gasteiger partial charge in [-0.25, -0.2) is 0 Å². The van der Waals surface area contributed by atoms with E-state index in [1.54, 1.807) is 38.1 Å². The maximum atomic E-state index is 13.5. The monoisotopic (exact) mass is 406 g/mol. The molecule has 1 atom stereocenters. The summed E-state index contributed by atoms with van der Waals surface area (Å²) < 4.78 is 35.3. The third-order valence-corrected chi connectivity index (χ3v) is 6.56. The molecule has 0 heterocycles. The van der Waals surface area contributed by atoms with Gasteiger partial charge in [0.05, 0.1) is 26.7 Å². The smallest absolute Gasteiger partial charge is 0.338 e. The van der Waals surface area contributed by atoms with Gasteiger partial charge in [0, 0.05) is 5.56 Å². The van der Waals surface area contributed by atoms with Gasteiger partial charge in [0.2, 0.25) is 0 Å². The van der Waals surface area contributed by atoms with E-state index in [9.17, 15) is 9.36 Å². The van der Waals surface area contributed by atoms with Crippen molar-refractivity contribution in [2.45, 2.75) is 32.5 Å². The van der Waals surface area contributed by atoms with Gasteiger partial charge in [-0.05, 0) is 25.5 Å². The van der Waals surface area contributed by atoms with Gasteiger partial charge in [0.15, 0.2) is 0 Å². The first-order valence-electron chi connectivity index (χ1n) is 9.25. The number of para-hydroxylation sites is 1. The molecule has 0 bridgehead atoms. The van der Waals surface area contributed by atoms with Crippen LogP contribution in [0.3, 0.4) is 0 Å². The van der Waals surface area contributed by atoms with Crippen LogP contribution in [0.4, 0.5) is 0 Å². The van der Waals surface area contributed by atoms with Crippen molar-refractivity contribution in [1.82, 2.24) is 0 Å². The van der Waals surface area contributed by atoms with Crippen molar-refractivity contribution in [3.05, 3.63) is 65.7 Å². The normalized spacial score (nSPS) is 12.4. The zero-order chi connectivity index (χ0) is 20.4. The summed E-state index contributed by atoms with van der Waals surface area (Å²) in [6, 6.07) is 16.5. The van der Waals surface area contributed by atoms with Crippen LogP contribution in [0.2, 0.25) is 0 Å². The standard InChI is InChI=1S/C21H27O6P/c1-4-26-28(23,27-5-2)20(18-13-9-10-14-19(18)24-3)15-21(22)25-16-17-11-7-6-8-12-17/h6-14,20H,4-5,15-16H2,1-3H3/t20-/m1/s1. The quantitative estimate of drug-likeness (QED) is 0.380. The highest BCUT2D eigenvalue weighted by molar-refractivity contribution is 7.54. The van der Waals surface area contributed by atoms with E-state index >= 15 is 0 Å². The predicted molar refractivity (Wildman–Crippen MR) is 107 cm³/mol. The summed E-state index contributed by atoms with van der Waals surface area (Å²) in [6.07, 6.45) is -0.148. The highest BCUT2D eigenvalue weighted by atomic mass is 31.2. The third kappa shape index (κ3) is 5.93. The van der Waals surface area contributed by atoms with Gasteiger partial charge in [0.1, 0.15) is 18.0 Å². The molecule has 0 aromatic heterocycles. The molecule has 0 amide bonds. The second-order valence-electron chi connectivity index (χ2n) is 5.98. The van der Waals surface area contributed by atoms with E-state index in [2.05, 4.69) is 0 Å². The fourth-order valence-corrected chi connectivity index (χ4v) is 4.95. The van der Waals surface area contributed by atoms with E-state index in [0.717, 1.165) is 5.56 Å². The number of ether oxygens (including phenoxy) is 2. The van der Waals surface area contributed by atoms with Crippen molar-refractivity contribution < 1.29 is 27.9 Å². The fraction of sp³-hybridized carbons (Fsp3) is 0.381. The van der Waals surface area contributed by atoms with Crippen LogP contribution in [0.15, 0.2) is 54.6 Å². The molecule has 152 valence electrons. The summed E-state index contributed by atoms with van der Waals surface area (Å²) >= 11 is 0. The maximum Gasteiger partial charge on any atom is 0.338 e. The van der Waals surface area contributed by atoms with Crippen LogP contribution in [-0.2, 0) is 29.8 Å². The molecule has 7 heteroatoms. The number of carbonyl (C=O) groups is 1. The molecule has 2 aromatic carbocycles. The first-order chi connectivity index (χ1) is 13.5. The van der Waals surface area contributed by atoms with Gasteiger partial charge in [-0.1, -0.05) is 48.5 Å². The zero-order valence-corrected chi connectivity index (χ0v) is 17.4. The lowest BCUT2D eigenvalue weighted by Gasteiger charge is -2.27. The molecular formula is C21H27O6P. The Morgan fingerprint density at radius 3 is 2.18 bits per heavy atom. The molecule has 0 aliphatic heterocycles. The van der Waals surface area contributed by atoms with Crippen LogP contribution in [0.1, 0.15) is 37.1 Å². The summed E-state index contributed by atoms with van der Waals surface area (Å²) in [7, 11) is -2.10. The fourth-order valence-electron chi connectivity index (χ4n) is 2.87. The molecule has 0 radical (unpaired) electrons. The van der Waals surface area contributed by atoms with Gasteiger partial charge >= 0.3 is 13.6 Å². The molecule has 0 fully saturated rings. The van der Waals surface area contributed by atoms with Crippen molar-refractivity contribution in [2.24, 2.45) is 0 Å². The second kappa shape index (κ2) is 11.0. The Morgan fingerprint density at radius 1 is 0.964 bits per heavy atom. The number of esters is 1. The van der Waals surface area contributed by atoms with E-state index in [4.69, 9.17) is 18.5 Å². The average molecular weight is 406 g/mol. The van der Waals surface area contributed by atoms with Gasteiger partial charge in [-0.3, -0.25) is 9.36 Å². The molecule has 28 heavy (non-hydrogen) atoms. The molecule has 0 aliphatic rings. The summed E-state index contributed by atoms with van der Waals surface area (Å²) in [4.78, 5) is 12.6.